The highest BCUT2D eigenvalue weighted by Crippen LogP contribution is 2.31. The van der Waals surface area contributed by atoms with Gasteiger partial charge in [0.05, 0.1) is 23.2 Å². The Labute approximate surface area is 202 Å². The number of furan rings is 1. The van der Waals surface area contributed by atoms with Crippen LogP contribution < -0.4 is 5.01 Å². The summed E-state index contributed by atoms with van der Waals surface area (Å²) >= 11 is 0. The average Bonchev–Trinajstić information content (AvgIpc) is 3.66. The molecule has 3 aromatic carbocycles. The highest BCUT2D eigenvalue weighted by molar-refractivity contribution is 6.37. The lowest BCUT2D eigenvalue weighted by Crippen LogP contribution is -2.21. The Hall–Kier alpha value is -4.97. The van der Waals surface area contributed by atoms with Gasteiger partial charge in [0, 0.05) is 17.3 Å². The minimum absolute atomic E-state index is 0.201. The fourth-order valence-electron chi connectivity index (χ4n) is 4.06. The Kier molecular flexibility index (Phi) is 5.16. The molecule has 0 fully saturated rings. The second-order valence-electron chi connectivity index (χ2n) is 8.02. The van der Waals surface area contributed by atoms with Gasteiger partial charge in [0.25, 0.3) is 5.91 Å². The number of benzene rings is 3. The smallest absolute Gasteiger partial charge is 0.281 e. The second kappa shape index (κ2) is 8.76. The number of rotatable bonds is 5. The largest absolute Gasteiger partial charge is 0.463 e. The molecule has 0 saturated carbocycles. The Morgan fingerprint density at radius 3 is 2.06 bits per heavy atom. The van der Waals surface area contributed by atoms with E-state index in [1.54, 1.807) is 10.9 Å². The number of para-hydroxylation sites is 2. The lowest BCUT2D eigenvalue weighted by molar-refractivity contribution is -0.114. The van der Waals surface area contributed by atoms with Gasteiger partial charge in [-0.05, 0) is 42.5 Å². The van der Waals surface area contributed by atoms with E-state index in [9.17, 15) is 4.79 Å². The first-order valence-electron chi connectivity index (χ1n) is 11.2. The van der Waals surface area contributed by atoms with Crippen LogP contribution in [0.25, 0.3) is 23.2 Å². The normalized spacial score (nSPS) is 14.5. The maximum absolute atomic E-state index is 13.7. The zero-order valence-corrected chi connectivity index (χ0v) is 18.7. The fraction of sp³-hybridized carbons (Fsp3) is 0. The van der Waals surface area contributed by atoms with E-state index in [1.807, 2.05) is 115 Å². The van der Waals surface area contributed by atoms with Crippen molar-refractivity contribution < 1.29 is 9.21 Å². The third-order valence-electron chi connectivity index (χ3n) is 5.74. The van der Waals surface area contributed by atoms with Gasteiger partial charge in [-0.1, -0.05) is 66.7 Å². The molecule has 0 saturated heterocycles. The van der Waals surface area contributed by atoms with Crippen molar-refractivity contribution in [1.82, 2.24) is 9.78 Å². The summed E-state index contributed by atoms with van der Waals surface area (Å²) in [6, 6.07) is 32.7. The van der Waals surface area contributed by atoms with Crippen molar-refractivity contribution >= 4 is 23.4 Å². The minimum atomic E-state index is -0.201. The summed E-state index contributed by atoms with van der Waals surface area (Å²) < 4.78 is 7.46. The van der Waals surface area contributed by atoms with Gasteiger partial charge in [0.1, 0.15) is 11.4 Å². The van der Waals surface area contributed by atoms with Gasteiger partial charge in [-0.25, -0.2) is 4.68 Å². The number of nitrogens with zero attached hydrogens (tertiary/aromatic N) is 4. The van der Waals surface area contributed by atoms with Crippen molar-refractivity contribution in [2.24, 2.45) is 5.10 Å². The average molecular weight is 457 g/mol. The van der Waals surface area contributed by atoms with Gasteiger partial charge in [0.15, 0.2) is 5.76 Å². The van der Waals surface area contributed by atoms with Crippen molar-refractivity contribution in [3.05, 3.63) is 132 Å². The van der Waals surface area contributed by atoms with Crippen LogP contribution in [0.4, 0.5) is 5.69 Å². The van der Waals surface area contributed by atoms with Crippen molar-refractivity contribution in [2.75, 3.05) is 5.01 Å². The molecule has 6 heteroatoms. The second-order valence-corrected chi connectivity index (χ2v) is 8.02. The van der Waals surface area contributed by atoms with Gasteiger partial charge in [-0.15, -0.1) is 0 Å². The van der Waals surface area contributed by atoms with Crippen LogP contribution in [0.15, 0.2) is 131 Å². The number of carbonyl (C=O) groups is 1. The van der Waals surface area contributed by atoms with Crippen molar-refractivity contribution in [1.29, 1.82) is 0 Å². The predicted octanol–water partition coefficient (Wildman–Crippen LogP) is 5.97. The number of anilines is 1. The number of hydrogen-bond acceptors (Lipinski definition) is 4. The molecule has 0 atom stereocenters. The summed E-state index contributed by atoms with van der Waals surface area (Å²) in [6.45, 7) is 0. The highest BCUT2D eigenvalue weighted by Gasteiger charge is 2.32. The molecule has 35 heavy (non-hydrogen) atoms. The van der Waals surface area contributed by atoms with Gasteiger partial charge < -0.3 is 4.42 Å². The summed E-state index contributed by atoms with van der Waals surface area (Å²) in [4.78, 5) is 13.7. The predicted molar refractivity (Wildman–Crippen MR) is 136 cm³/mol. The number of amides is 1. The number of hydrazone groups is 1. The van der Waals surface area contributed by atoms with E-state index in [1.165, 1.54) is 5.01 Å². The maximum atomic E-state index is 13.7. The van der Waals surface area contributed by atoms with E-state index >= 15 is 0 Å². The molecule has 0 bridgehead atoms. The number of hydrogen-bond donors (Lipinski definition) is 0. The van der Waals surface area contributed by atoms with Crippen LogP contribution in [-0.2, 0) is 4.79 Å². The Morgan fingerprint density at radius 2 is 1.40 bits per heavy atom. The van der Waals surface area contributed by atoms with Crippen molar-refractivity contribution in [3.63, 3.8) is 0 Å². The van der Waals surface area contributed by atoms with Crippen LogP contribution in [0, 0.1) is 0 Å². The summed E-state index contributed by atoms with van der Waals surface area (Å²) in [5.74, 6) is 0.419. The van der Waals surface area contributed by atoms with Crippen LogP contribution in [0.2, 0.25) is 0 Å². The molecular weight excluding hydrogens is 436 g/mol. The van der Waals surface area contributed by atoms with Crippen LogP contribution in [0.5, 0.6) is 0 Å². The molecule has 1 aliphatic heterocycles. The molecule has 6 nitrogen and oxygen atoms in total. The molecule has 5 aromatic rings. The first-order valence-corrected chi connectivity index (χ1v) is 11.2. The van der Waals surface area contributed by atoms with E-state index in [4.69, 9.17) is 14.6 Å². The maximum Gasteiger partial charge on any atom is 0.281 e. The SMILES string of the molecule is O=C1/C(=C\c2cn(-c3ccccc3)nc2-c2ccco2)C(c2ccccc2)=NN1c1ccccc1. The Bertz CT molecular complexity index is 1530. The van der Waals surface area contributed by atoms with E-state index in [0.717, 1.165) is 16.8 Å². The molecule has 0 aliphatic carbocycles. The molecule has 0 radical (unpaired) electrons. The quantitative estimate of drug-likeness (QED) is 0.306. The Balaban J connectivity index is 1.51. The van der Waals surface area contributed by atoms with Crippen LogP contribution in [0.1, 0.15) is 11.1 Å². The lowest BCUT2D eigenvalue weighted by Gasteiger charge is -2.10. The first kappa shape index (κ1) is 20.6. The van der Waals surface area contributed by atoms with Crippen LogP contribution in [0.3, 0.4) is 0 Å². The summed E-state index contributed by atoms with van der Waals surface area (Å²) in [5, 5.41) is 11.0. The van der Waals surface area contributed by atoms with E-state index in [0.29, 0.717) is 28.4 Å². The number of carbonyl (C=O) groups excluding carboxylic acids is 1. The lowest BCUT2D eigenvalue weighted by atomic mass is 10.00. The summed E-state index contributed by atoms with van der Waals surface area (Å²) in [6.07, 6.45) is 5.37. The molecular formula is C29H20N4O2. The van der Waals surface area contributed by atoms with Gasteiger partial charge in [-0.3, -0.25) is 4.79 Å². The minimum Gasteiger partial charge on any atom is -0.463 e. The Morgan fingerprint density at radius 1 is 0.743 bits per heavy atom. The molecule has 1 aliphatic rings. The van der Waals surface area contributed by atoms with E-state index in [-0.39, 0.29) is 5.91 Å². The zero-order chi connectivity index (χ0) is 23.6. The van der Waals surface area contributed by atoms with Crippen molar-refractivity contribution in [3.8, 4) is 17.1 Å². The molecule has 0 spiro atoms. The summed E-state index contributed by atoms with van der Waals surface area (Å²) in [7, 11) is 0. The molecule has 168 valence electrons. The molecule has 1 amide bonds. The zero-order valence-electron chi connectivity index (χ0n) is 18.7. The molecule has 3 heterocycles. The van der Waals surface area contributed by atoms with E-state index in [2.05, 4.69) is 0 Å². The van der Waals surface area contributed by atoms with Gasteiger partial charge in [-0.2, -0.15) is 15.2 Å². The fourth-order valence-corrected chi connectivity index (χ4v) is 4.06. The molecule has 2 aromatic heterocycles. The monoisotopic (exact) mass is 456 g/mol. The van der Waals surface area contributed by atoms with Gasteiger partial charge in [0.2, 0.25) is 0 Å². The van der Waals surface area contributed by atoms with Crippen LogP contribution >= 0.6 is 0 Å². The highest BCUT2D eigenvalue weighted by atomic mass is 16.3. The van der Waals surface area contributed by atoms with E-state index < -0.39 is 0 Å². The number of aromatic nitrogens is 2. The van der Waals surface area contributed by atoms with Crippen molar-refractivity contribution in [2.45, 2.75) is 0 Å². The third-order valence-corrected chi connectivity index (χ3v) is 5.74. The molecule has 0 unspecified atom stereocenters. The molecule has 6 rings (SSSR count). The van der Waals surface area contributed by atoms with Gasteiger partial charge >= 0.3 is 0 Å². The standard InChI is InChI=1S/C29H20N4O2/c34-29-25(27(21-11-4-1-5-12-21)31-33(29)24-15-8-3-9-16-24)19-22-20-32(23-13-6-2-7-14-23)30-28(22)26-17-10-18-35-26/h1-20H/b25-19-. The van der Waals surface area contributed by atoms with Crippen LogP contribution in [-0.4, -0.2) is 21.4 Å². The third kappa shape index (κ3) is 3.87. The topological polar surface area (TPSA) is 63.6 Å². The summed E-state index contributed by atoms with van der Waals surface area (Å²) in [5.41, 5.74) is 4.97. The molecule has 0 N–H and O–H groups in total. The first-order chi connectivity index (χ1) is 17.3.